The second-order valence-electron chi connectivity index (χ2n) is 6.90. The van der Waals surface area contributed by atoms with E-state index in [1.165, 1.54) is 64.2 Å². The molecular weight excluding hydrogens is 416 g/mol. The zero-order valence-corrected chi connectivity index (χ0v) is 19.2. The van der Waals surface area contributed by atoms with Crippen molar-refractivity contribution in [2.45, 2.75) is 127 Å². The highest BCUT2D eigenvalue weighted by atomic mass is 79.9. The van der Waals surface area contributed by atoms with Gasteiger partial charge in [-0.25, -0.2) is 0 Å². The van der Waals surface area contributed by atoms with Gasteiger partial charge in [0.05, 0.1) is 0 Å². The lowest BCUT2D eigenvalue weighted by molar-refractivity contribution is -0.0612. The van der Waals surface area contributed by atoms with Gasteiger partial charge in [0.15, 0.2) is 0 Å². The molecule has 0 fully saturated rings. The van der Waals surface area contributed by atoms with Crippen LogP contribution >= 0.6 is 31.9 Å². The van der Waals surface area contributed by atoms with E-state index in [0.717, 1.165) is 25.7 Å². The first kappa shape index (κ1) is 23.9. The molecule has 0 aliphatic heterocycles. The van der Waals surface area contributed by atoms with Crippen molar-refractivity contribution in [3.05, 3.63) is 0 Å². The Labute approximate surface area is 163 Å². The predicted molar refractivity (Wildman–Crippen MR) is 112 cm³/mol. The Morgan fingerprint density at radius 1 is 0.565 bits per heavy atom. The highest BCUT2D eigenvalue weighted by Gasteiger charge is 2.36. The van der Waals surface area contributed by atoms with Crippen molar-refractivity contribution >= 4 is 31.9 Å². The van der Waals surface area contributed by atoms with Crippen LogP contribution in [-0.2, 0) is 4.74 Å². The predicted octanol–water partition coefficient (Wildman–Crippen LogP) is 8.73. The summed E-state index contributed by atoms with van der Waals surface area (Å²) in [6.07, 6.45) is 17.4. The summed E-state index contributed by atoms with van der Waals surface area (Å²) in [5.41, 5.74) is 0. The van der Waals surface area contributed by atoms with Gasteiger partial charge in [-0.2, -0.15) is 0 Å². The van der Waals surface area contributed by atoms with Crippen LogP contribution in [0.25, 0.3) is 0 Å². The lowest BCUT2D eigenvalue weighted by atomic mass is 10.0. The van der Waals surface area contributed by atoms with Crippen LogP contribution in [0.1, 0.15) is 118 Å². The summed E-state index contributed by atoms with van der Waals surface area (Å²) in [6.45, 7) is 8.99. The maximum absolute atomic E-state index is 6.57. The first-order valence-electron chi connectivity index (χ1n) is 10.0. The normalized spacial score (nSPS) is 17.0. The standard InChI is InChI=1S/C20H40Br2O/c1-5-9-11-13-15-17-19(21,7-3)23-20(22,8-4)18-16-14-12-10-6-2/h5-18H2,1-4H3. The average Bonchev–Trinajstić information content (AvgIpc) is 2.54. The number of unbranched alkanes of at least 4 members (excludes halogenated alkanes) is 8. The Hall–Kier alpha value is 0.920. The number of ether oxygens (including phenoxy) is 1. The van der Waals surface area contributed by atoms with Gasteiger partial charge in [0.2, 0.25) is 0 Å². The van der Waals surface area contributed by atoms with Crippen molar-refractivity contribution < 1.29 is 4.74 Å². The Morgan fingerprint density at radius 2 is 0.913 bits per heavy atom. The number of hydrogen-bond acceptors (Lipinski definition) is 1. The lowest BCUT2D eigenvalue weighted by Crippen LogP contribution is -2.36. The molecule has 0 rings (SSSR count). The summed E-state index contributed by atoms with van der Waals surface area (Å²) >= 11 is 7.82. The minimum Gasteiger partial charge on any atom is -0.346 e. The first-order valence-corrected chi connectivity index (χ1v) is 11.6. The van der Waals surface area contributed by atoms with E-state index in [1.807, 2.05) is 0 Å². The highest BCUT2D eigenvalue weighted by Crippen LogP contribution is 2.41. The van der Waals surface area contributed by atoms with E-state index in [0.29, 0.717) is 0 Å². The van der Waals surface area contributed by atoms with E-state index in [4.69, 9.17) is 4.74 Å². The van der Waals surface area contributed by atoms with Gasteiger partial charge in [-0.05, 0) is 38.5 Å². The molecule has 0 saturated heterocycles. The highest BCUT2D eigenvalue weighted by molar-refractivity contribution is 9.10. The van der Waals surface area contributed by atoms with Crippen molar-refractivity contribution in [1.82, 2.24) is 0 Å². The molecule has 0 amide bonds. The van der Waals surface area contributed by atoms with Crippen molar-refractivity contribution in [2.75, 3.05) is 0 Å². The number of hydrogen-bond donors (Lipinski definition) is 0. The second-order valence-corrected chi connectivity index (χ2v) is 9.79. The van der Waals surface area contributed by atoms with Crippen LogP contribution in [0.5, 0.6) is 0 Å². The average molecular weight is 456 g/mol. The number of alkyl halides is 2. The summed E-state index contributed by atoms with van der Waals surface area (Å²) in [7, 11) is 0. The Bertz CT molecular complexity index is 246. The van der Waals surface area contributed by atoms with Crippen LogP contribution in [0.2, 0.25) is 0 Å². The quantitative estimate of drug-likeness (QED) is 0.167. The zero-order chi connectivity index (χ0) is 17.6. The van der Waals surface area contributed by atoms with Crippen LogP contribution in [0.15, 0.2) is 0 Å². The molecule has 0 spiro atoms. The maximum atomic E-state index is 6.57. The van der Waals surface area contributed by atoms with Crippen LogP contribution < -0.4 is 0 Å². The molecule has 2 unspecified atom stereocenters. The third kappa shape index (κ3) is 12.0. The Kier molecular flexibility index (Phi) is 14.7. The smallest absolute Gasteiger partial charge is 0.124 e. The molecule has 0 radical (unpaired) electrons. The molecule has 0 N–H and O–H groups in total. The van der Waals surface area contributed by atoms with E-state index < -0.39 is 0 Å². The third-order valence-corrected chi connectivity index (χ3v) is 6.97. The van der Waals surface area contributed by atoms with Gasteiger partial charge in [0, 0.05) is 0 Å². The van der Waals surface area contributed by atoms with Crippen molar-refractivity contribution in [2.24, 2.45) is 0 Å². The molecule has 0 aliphatic carbocycles. The van der Waals surface area contributed by atoms with Crippen LogP contribution in [0.4, 0.5) is 0 Å². The van der Waals surface area contributed by atoms with E-state index >= 15 is 0 Å². The molecule has 23 heavy (non-hydrogen) atoms. The molecule has 3 heteroatoms. The molecule has 1 nitrogen and oxygen atoms in total. The van der Waals surface area contributed by atoms with Gasteiger partial charge >= 0.3 is 0 Å². The zero-order valence-electron chi connectivity index (χ0n) is 16.1. The van der Waals surface area contributed by atoms with Crippen LogP contribution in [-0.4, -0.2) is 9.02 Å². The number of halogens is 2. The van der Waals surface area contributed by atoms with Crippen LogP contribution in [0, 0.1) is 0 Å². The third-order valence-electron chi connectivity index (χ3n) is 4.73. The summed E-state index contributed by atoms with van der Waals surface area (Å²) in [5.74, 6) is 0. The molecule has 2 atom stereocenters. The molecule has 0 saturated carbocycles. The van der Waals surface area contributed by atoms with Crippen molar-refractivity contribution in [3.8, 4) is 0 Å². The van der Waals surface area contributed by atoms with E-state index in [1.54, 1.807) is 0 Å². The Morgan fingerprint density at radius 3 is 1.22 bits per heavy atom. The van der Waals surface area contributed by atoms with Gasteiger partial charge in [-0.15, -0.1) is 0 Å². The topological polar surface area (TPSA) is 9.23 Å². The minimum absolute atomic E-state index is 0.165. The molecule has 140 valence electrons. The summed E-state index contributed by atoms with van der Waals surface area (Å²) < 4.78 is 6.24. The fraction of sp³-hybridized carbons (Fsp3) is 1.00. The van der Waals surface area contributed by atoms with Crippen molar-refractivity contribution in [1.29, 1.82) is 0 Å². The van der Waals surface area contributed by atoms with Gasteiger partial charge in [0.25, 0.3) is 0 Å². The molecule has 0 aliphatic rings. The maximum Gasteiger partial charge on any atom is 0.124 e. The lowest BCUT2D eigenvalue weighted by Gasteiger charge is -2.37. The fourth-order valence-corrected chi connectivity index (χ4v) is 4.31. The van der Waals surface area contributed by atoms with Gasteiger partial charge in [-0.1, -0.05) is 111 Å². The SMILES string of the molecule is CCCCCCCC(Br)(CC)OC(Br)(CC)CCCCCCC. The second kappa shape index (κ2) is 14.1. The first-order chi connectivity index (χ1) is 10.9. The molecule has 0 aromatic carbocycles. The van der Waals surface area contributed by atoms with Gasteiger partial charge in [0.1, 0.15) is 9.02 Å². The largest absolute Gasteiger partial charge is 0.346 e. The van der Waals surface area contributed by atoms with E-state index in [-0.39, 0.29) is 9.02 Å². The number of rotatable bonds is 16. The van der Waals surface area contributed by atoms with Gasteiger partial charge < -0.3 is 4.74 Å². The monoisotopic (exact) mass is 454 g/mol. The molecule has 0 aromatic rings. The molecule has 0 heterocycles. The van der Waals surface area contributed by atoms with Gasteiger partial charge in [-0.3, -0.25) is 0 Å². The summed E-state index contributed by atoms with van der Waals surface area (Å²) in [5, 5.41) is 0. The summed E-state index contributed by atoms with van der Waals surface area (Å²) in [6, 6.07) is 0. The molecular formula is C20H40Br2O. The minimum atomic E-state index is -0.165. The van der Waals surface area contributed by atoms with Crippen molar-refractivity contribution in [3.63, 3.8) is 0 Å². The summed E-state index contributed by atoms with van der Waals surface area (Å²) in [4.78, 5) is 0. The van der Waals surface area contributed by atoms with Crippen LogP contribution in [0.3, 0.4) is 0 Å². The molecule has 0 bridgehead atoms. The van der Waals surface area contributed by atoms with E-state index in [9.17, 15) is 0 Å². The fourth-order valence-electron chi connectivity index (χ4n) is 2.91. The van der Waals surface area contributed by atoms with E-state index in [2.05, 4.69) is 59.6 Å². The molecule has 0 aromatic heterocycles. The Balaban J connectivity index is 4.27.